The maximum Gasteiger partial charge on any atom is 0.159 e. The van der Waals surface area contributed by atoms with E-state index in [1.807, 2.05) is 32.3 Å². The van der Waals surface area contributed by atoms with Gasteiger partial charge in [-0.25, -0.2) is 9.97 Å². The maximum absolute atomic E-state index is 4.20. The van der Waals surface area contributed by atoms with E-state index >= 15 is 0 Å². The number of hydrogen-bond donors (Lipinski definition) is 0. The van der Waals surface area contributed by atoms with Gasteiger partial charge in [0.25, 0.3) is 0 Å². The minimum atomic E-state index is 0.766. The van der Waals surface area contributed by atoms with Crippen LogP contribution in [0.5, 0.6) is 0 Å². The van der Waals surface area contributed by atoms with E-state index in [2.05, 4.69) is 27.0 Å². The number of anilines is 1. The molecule has 0 saturated heterocycles. The molecule has 1 heterocycles. The quantitative estimate of drug-likeness (QED) is 0.742. The molecule has 0 atom stereocenters. The summed E-state index contributed by atoms with van der Waals surface area (Å²) >= 11 is 0. The van der Waals surface area contributed by atoms with Crippen LogP contribution in [-0.4, -0.2) is 24.1 Å². The Labute approximate surface area is 89.4 Å². The van der Waals surface area contributed by atoms with E-state index in [4.69, 9.17) is 0 Å². The van der Waals surface area contributed by atoms with Crippen LogP contribution in [0.25, 0.3) is 11.4 Å². The molecule has 0 spiro atoms. The fraction of sp³-hybridized carbons (Fsp3) is 0.167. The monoisotopic (exact) mass is 199 g/mol. The molecule has 0 unspecified atom stereocenters. The third-order valence-electron chi connectivity index (χ3n) is 2.21. The van der Waals surface area contributed by atoms with Crippen LogP contribution in [0.3, 0.4) is 0 Å². The van der Waals surface area contributed by atoms with E-state index in [1.165, 1.54) is 5.69 Å². The van der Waals surface area contributed by atoms with Gasteiger partial charge in [-0.2, -0.15) is 0 Å². The summed E-state index contributed by atoms with van der Waals surface area (Å²) in [4.78, 5) is 10.5. The zero-order valence-corrected chi connectivity index (χ0v) is 8.88. The third kappa shape index (κ3) is 2.13. The van der Waals surface area contributed by atoms with Gasteiger partial charge < -0.3 is 4.90 Å². The van der Waals surface area contributed by atoms with Gasteiger partial charge in [0.05, 0.1) is 0 Å². The lowest BCUT2D eigenvalue weighted by molar-refractivity contribution is 1.13. The molecule has 76 valence electrons. The molecule has 15 heavy (non-hydrogen) atoms. The molecule has 3 nitrogen and oxygen atoms in total. The largest absolute Gasteiger partial charge is 0.378 e. The number of hydrogen-bond acceptors (Lipinski definition) is 3. The zero-order chi connectivity index (χ0) is 10.7. The van der Waals surface area contributed by atoms with Gasteiger partial charge >= 0.3 is 0 Å². The van der Waals surface area contributed by atoms with Crippen molar-refractivity contribution in [1.82, 2.24) is 9.97 Å². The number of benzene rings is 1. The standard InChI is InChI=1S/C12H13N3/c1-15(2)11-6-4-10(5-7-11)12-13-8-3-9-14-12/h3-9H,1-2H3. The smallest absolute Gasteiger partial charge is 0.159 e. The van der Waals surface area contributed by atoms with Gasteiger partial charge in [-0.1, -0.05) is 0 Å². The van der Waals surface area contributed by atoms with Gasteiger partial charge in [0.2, 0.25) is 0 Å². The van der Waals surface area contributed by atoms with Gasteiger partial charge in [0.1, 0.15) is 0 Å². The molecule has 3 heteroatoms. The SMILES string of the molecule is CN(C)c1ccc(-c2ncccn2)cc1. The molecule has 0 amide bonds. The Hall–Kier alpha value is -1.90. The molecular formula is C12H13N3. The summed E-state index contributed by atoms with van der Waals surface area (Å²) in [5.41, 5.74) is 2.22. The fourth-order valence-electron chi connectivity index (χ4n) is 1.36. The maximum atomic E-state index is 4.20. The van der Waals surface area contributed by atoms with Crippen molar-refractivity contribution in [3.63, 3.8) is 0 Å². The Morgan fingerprint density at radius 1 is 0.933 bits per heavy atom. The summed E-state index contributed by atoms with van der Waals surface area (Å²) in [5, 5.41) is 0. The van der Waals surface area contributed by atoms with E-state index in [1.54, 1.807) is 12.4 Å². The Balaban J connectivity index is 2.32. The molecule has 1 aromatic carbocycles. The van der Waals surface area contributed by atoms with Crippen molar-refractivity contribution in [3.8, 4) is 11.4 Å². The molecule has 0 aliphatic heterocycles. The van der Waals surface area contributed by atoms with Crippen LogP contribution in [-0.2, 0) is 0 Å². The van der Waals surface area contributed by atoms with Crippen LogP contribution in [0.2, 0.25) is 0 Å². The number of rotatable bonds is 2. The molecule has 0 aliphatic carbocycles. The molecule has 0 saturated carbocycles. The summed E-state index contributed by atoms with van der Waals surface area (Å²) in [7, 11) is 4.04. The molecule has 0 aliphatic rings. The van der Waals surface area contributed by atoms with Crippen LogP contribution >= 0.6 is 0 Å². The summed E-state index contributed by atoms with van der Waals surface area (Å²) in [6.45, 7) is 0. The molecule has 0 radical (unpaired) electrons. The number of aromatic nitrogens is 2. The zero-order valence-electron chi connectivity index (χ0n) is 8.88. The molecule has 0 N–H and O–H groups in total. The Kier molecular flexibility index (Phi) is 2.63. The molecule has 0 fully saturated rings. The lowest BCUT2D eigenvalue weighted by atomic mass is 10.2. The van der Waals surface area contributed by atoms with Crippen LogP contribution in [0.15, 0.2) is 42.7 Å². The van der Waals surface area contributed by atoms with Crippen molar-refractivity contribution < 1.29 is 0 Å². The highest BCUT2D eigenvalue weighted by atomic mass is 15.1. The second-order valence-electron chi connectivity index (χ2n) is 3.51. The Bertz CT molecular complexity index is 420. The molecule has 2 aromatic rings. The minimum Gasteiger partial charge on any atom is -0.378 e. The summed E-state index contributed by atoms with van der Waals surface area (Å²) in [5.74, 6) is 0.766. The van der Waals surface area contributed by atoms with E-state index in [0.717, 1.165) is 11.4 Å². The third-order valence-corrected chi connectivity index (χ3v) is 2.21. The van der Waals surface area contributed by atoms with Gasteiger partial charge in [-0.05, 0) is 30.3 Å². The lowest BCUT2D eigenvalue weighted by Crippen LogP contribution is -2.07. The summed E-state index contributed by atoms with van der Waals surface area (Å²) in [6, 6.07) is 10.0. The van der Waals surface area contributed by atoms with Crippen molar-refractivity contribution >= 4 is 5.69 Å². The van der Waals surface area contributed by atoms with Crippen LogP contribution in [0, 0.1) is 0 Å². The molecule has 2 rings (SSSR count). The second-order valence-corrected chi connectivity index (χ2v) is 3.51. The first kappa shape index (κ1) is 9.65. The van der Waals surface area contributed by atoms with Crippen LogP contribution in [0.1, 0.15) is 0 Å². The minimum absolute atomic E-state index is 0.766. The highest BCUT2D eigenvalue weighted by molar-refractivity contribution is 5.59. The van der Waals surface area contributed by atoms with Crippen molar-refractivity contribution in [1.29, 1.82) is 0 Å². The van der Waals surface area contributed by atoms with Crippen molar-refractivity contribution in [2.75, 3.05) is 19.0 Å². The van der Waals surface area contributed by atoms with Gasteiger partial charge in [0.15, 0.2) is 5.82 Å². The first-order chi connectivity index (χ1) is 7.27. The van der Waals surface area contributed by atoms with Crippen molar-refractivity contribution in [3.05, 3.63) is 42.7 Å². The highest BCUT2D eigenvalue weighted by Gasteiger charge is 2.00. The Morgan fingerprint density at radius 2 is 1.53 bits per heavy atom. The predicted molar refractivity (Wildman–Crippen MR) is 61.8 cm³/mol. The van der Waals surface area contributed by atoms with E-state index < -0.39 is 0 Å². The topological polar surface area (TPSA) is 29.0 Å². The predicted octanol–water partition coefficient (Wildman–Crippen LogP) is 2.21. The van der Waals surface area contributed by atoms with Crippen molar-refractivity contribution in [2.24, 2.45) is 0 Å². The average molecular weight is 199 g/mol. The van der Waals surface area contributed by atoms with E-state index in [9.17, 15) is 0 Å². The number of nitrogens with zero attached hydrogens (tertiary/aromatic N) is 3. The summed E-state index contributed by atoms with van der Waals surface area (Å²) in [6.07, 6.45) is 3.50. The molecule has 0 bridgehead atoms. The Morgan fingerprint density at radius 3 is 2.07 bits per heavy atom. The highest BCUT2D eigenvalue weighted by Crippen LogP contribution is 2.18. The fourth-order valence-corrected chi connectivity index (χ4v) is 1.36. The second kappa shape index (κ2) is 4.09. The normalized spacial score (nSPS) is 10.0. The van der Waals surface area contributed by atoms with Gasteiger partial charge in [0, 0.05) is 37.7 Å². The van der Waals surface area contributed by atoms with Crippen LogP contribution in [0.4, 0.5) is 5.69 Å². The van der Waals surface area contributed by atoms with Crippen LogP contribution < -0.4 is 4.90 Å². The molecule has 1 aromatic heterocycles. The van der Waals surface area contributed by atoms with Gasteiger partial charge in [-0.3, -0.25) is 0 Å². The van der Waals surface area contributed by atoms with Crippen molar-refractivity contribution in [2.45, 2.75) is 0 Å². The summed E-state index contributed by atoms with van der Waals surface area (Å²) < 4.78 is 0. The lowest BCUT2D eigenvalue weighted by Gasteiger charge is -2.12. The van der Waals surface area contributed by atoms with E-state index in [0.29, 0.717) is 0 Å². The molecular weight excluding hydrogens is 186 g/mol. The average Bonchev–Trinajstić information content (AvgIpc) is 2.30. The van der Waals surface area contributed by atoms with E-state index in [-0.39, 0.29) is 0 Å². The van der Waals surface area contributed by atoms with Gasteiger partial charge in [-0.15, -0.1) is 0 Å². The first-order valence-corrected chi connectivity index (χ1v) is 4.82. The first-order valence-electron chi connectivity index (χ1n) is 4.82.